The Balaban J connectivity index is -0.0000000300. The van der Waals surface area contributed by atoms with Gasteiger partial charge in [-0.3, -0.25) is 22.4 Å². The molecule has 1 aliphatic rings. The molecular weight excluding hydrogens is 645 g/mol. The number of aliphatic hydroxyl groups is 2. The van der Waals surface area contributed by atoms with Gasteiger partial charge < -0.3 is 19.7 Å². The molecule has 1 radical (unpaired) electrons. The van der Waals surface area contributed by atoms with Gasteiger partial charge in [0.15, 0.2) is 6.36 Å². The summed E-state index contributed by atoms with van der Waals surface area (Å²) in [5.74, 6) is 0.255. The van der Waals surface area contributed by atoms with Gasteiger partial charge >= 0.3 is 0 Å². The van der Waals surface area contributed by atoms with E-state index in [-0.39, 0.29) is 64.0 Å². The van der Waals surface area contributed by atoms with Crippen LogP contribution in [0.5, 0.6) is 0 Å². The number of alkyl halides is 7. The van der Waals surface area contributed by atoms with Crippen molar-refractivity contribution in [3.8, 4) is 0 Å². The molecule has 0 saturated carbocycles. The molecule has 0 bridgehead atoms. The van der Waals surface area contributed by atoms with E-state index in [1.807, 2.05) is 20.8 Å². The van der Waals surface area contributed by atoms with Crippen LogP contribution in [-0.2, 0) is 32.9 Å². The molecule has 0 amide bonds. The van der Waals surface area contributed by atoms with Crippen LogP contribution in [0.4, 0.5) is 39.3 Å². The van der Waals surface area contributed by atoms with Crippen LogP contribution in [0.2, 0.25) is 0 Å². The van der Waals surface area contributed by atoms with Crippen molar-refractivity contribution in [3.63, 3.8) is 0 Å². The fourth-order valence-electron chi connectivity index (χ4n) is 0.707. The fourth-order valence-corrected chi connectivity index (χ4v) is 0.707. The number of ether oxygens (including phenoxy) is 1. The molecule has 0 aliphatic carbocycles. The van der Waals surface area contributed by atoms with E-state index in [2.05, 4.69) is 4.74 Å². The Morgan fingerprint density at radius 1 is 0.929 bits per heavy atom. The van der Waals surface area contributed by atoms with Crippen molar-refractivity contribution in [2.24, 2.45) is 0 Å². The number of hydrogen-bond acceptors (Lipinski definition) is 5. The van der Waals surface area contributed by atoms with Gasteiger partial charge in [-0.1, -0.05) is 35.1 Å². The van der Waals surface area contributed by atoms with Crippen LogP contribution in [0.3, 0.4) is 0 Å². The SMILES string of the molecule is C.CC(=O)F.CC(O)F.CCC(C)=O.CCC(C)O.CCC1OC1C(F)F.CCCF.CCF.CCF.CF.[2H]PF.[V]. The van der Waals surface area contributed by atoms with Gasteiger partial charge in [-0.25, -0.2) is 17.4 Å². The Bertz CT molecular complexity index is 416. The van der Waals surface area contributed by atoms with Gasteiger partial charge in [0.2, 0.25) is 0 Å². The normalized spacial score (nSPS) is 14.1. The van der Waals surface area contributed by atoms with Crippen LogP contribution in [0, 0.1) is 0 Å². The summed E-state index contributed by atoms with van der Waals surface area (Å²) in [5.41, 5.74) is 0. The molecule has 16 heteroatoms. The molecule has 0 aromatic rings. The van der Waals surface area contributed by atoms with Gasteiger partial charge in [0, 0.05) is 31.9 Å². The molecule has 1 fully saturated rings. The number of carbonyl (C=O) groups excluding carboxylic acids is 2. The van der Waals surface area contributed by atoms with E-state index in [0.29, 0.717) is 26.4 Å². The quantitative estimate of drug-likeness (QED) is 0.129. The minimum Gasteiger partial charge on any atom is -0.393 e. The average molecular weight is 707 g/mol. The molecule has 2 N–H and O–H groups in total. The van der Waals surface area contributed by atoms with E-state index in [4.69, 9.17) is 16.3 Å². The van der Waals surface area contributed by atoms with Gasteiger partial charge in [-0.05, 0) is 53.9 Å². The van der Waals surface area contributed by atoms with Crippen molar-refractivity contribution in [2.45, 2.75) is 133 Å². The van der Waals surface area contributed by atoms with Crippen molar-refractivity contribution in [1.82, 2.24) is 0 Å². The monoisotopic (exact) mass is 706 g/mol. The molecule has 267 valence electrons. The molecule has 1 aliphatic heterocycles. The Morgan fingerprint density at radius 2 is 1.12 bits per heavy atom. The summed E-state index contributed by atoms with van der Waals surface area (Å²) in [4.78, 5) is 18.6. The third kappa shape index (κ3) is 214. The van der Waals surface area contributed by atoms with Crippen molar-refractivity contribution in [2.75, 3.05) is 27.2 Å². The van der Waals surface area contributed by atoms with Crippen molar-refractivity contribution < 1.29 is 82.4 Å². The molecule has 5 atom stereocenters. The fraction of sp³-hybridized carbons (Fsp3) is 0.923. The van der Waals surface area contributed by atoms with E-state index in [1.165, 1.54) is 13.8 Å². The number of epoxide rings is 1. The third-order valence-electron chi connectivity index (χ3n) is 2.55. The first-order valence-electron chi connectivity index (χ1n) is 12.8. The molecule has 1 saturated heterocycles. The Labute approximate surface area is 265 Å². The summed E-state index contributed by atoms with van der Waals surface area (Å²) in [5, 5.41) is 15.8. The average Bonchev–Trinajstić information content (AvgIpc) is 3.67. The predicted molar refractivity (Wildman–Crippen MR) is 157 cm³/mol. The van der Waals surface area contributed by atoms with Crippen LogP contribution in [0.15, 0.2) is 0 Å². The standard InChI is InChI=1S/C5H8F2O.C4H10O.C4H8O.C3H7F.C2H5FO.C2H3FO.2C2H5F.CH3F.CH4.FH2P.V/c1-2-3-4(8-3)5(6)7;2*1-3-4(2)5;1-2-3-4;2*1-2(3)4;2*1-2-3;1-2;;1-2;/h3-5H,2H2,1H3;4-5H,3H2,1-2H3;3H2,1-2H3;2-3H2,1H3;2,4H,1H3;1H3;2*2H2,1H3;1H3;1H4;2H2;/i;;;;;;;;;;2D;. The van der Waals surface area contributed by atoms with Gasteiger partial charge in [0.1, 0.15) is 11.9 Å². The van der Waals surface area contributed by atoms with Gasteiger partial charge in [0.25, 0.3) is 12.5 Å². The minimum absolute atomic E-state index is 0. The maximum Gasteiger partial charge on any atom is 0.298 e. The number of halogens is 9. The number of hydrogen-bond donors (Lipinski definition) is 2. The smallest absolute Gasteiger partial charge is 0.298 e. The number of carbonyl (C=O) groups is 2. The molecular formula is C26H60F9O5PV. The topological polar surface area (TPSA) is 87.1 Å². The summed E-state index contributed by atoms with van der Waals surface area (Å²) >= 11 is 0. The first-order valence-corrected chi connectivity index (χ1v) is 12.7. The first-order chi connectivity index (χ1) is 18.9. The minimum atomic E-state index is -2.28. The van der Waals surface area contributed by atoms with Crippen LogP contribution in [0.1, 0.15) is 102 Å². The summed E-state index contributed by atoms with van der Waals surface area (Å²) in [6, 6.07) is -1.33. The van der Waals surface area contributed by atoms with Crippen molar-refractivity contribution >= 4 is 21.3 Å². The number of ketones is 1. The zero-order chi connectivity index (χ0) is 35.4. The Morgan fingerprint density at radius 3 is 1.14 bits per heavy atom. The molecule has 42 heavy (non-hydrogen) atoms. The first kappa shape index (κ1) is 68.7. The maximum absolute atomic E-state index is 11.5. The Hall–Kier alpha value is -0.396. The number of aliphatic hydroxyl groups excluding tert-OH is 2. The van der Waals surface area contributed by atoms with Gasteiger partial charge in [0.05, 0.1) is 50.2 Å². The molecule has 0 aromatic carbocycles. The van der Waals surface area contributed by atoms with E-state index >= 15 is 0 Å². The van der Waals surface area contributed by atoms with E-state index < -0.39 is 34.4 Å². The Kier molecular flexibility index (Phi) is 127. The maximum atomic E-state index is 11.5. The summed E-state index contributed by atoms with van der Waals surface area (Å²) in [6.07, 6.45) is -2.08. The molecule has 5 unspecified atom stereocenters. The van der Waals surface area contributed by atoms with Crippen LogP contribution in [-0.4, -0.2) is 81.6 Å². The predicted octanol–water partition coefficient (Wildman–Crippen LogP) is 9.27. The van der Waals surface area contributed by atoms with Gasteiger partial charge in [-0.2, -0.15) is 4.39 Å². The van der Waals surface area contributed by atoms with E-state index in [9.17, 15) is 44.1 Å². The molecule has 1 heterocycles. The number of rotatable bonds is 5. The van der Waals surface area contributed by atoms with Gasteiger partial charge in [-0.15, -0.1) is 0 Å². The second kappa shape index (κ2) is 77.8. The largest absolute Gasteiger partial charge is 0.393 e. The second-order valence-electron chi connectivity index (χ2n) is 6.46. The van der Waals surface area contributed by atoms with Crippen LogP contribution >= 0.6 is 9.50 Å². The second-order valence-corrected chi connectivity index (χ2v) is 6.46. The van der Waals surface area contributed by atoms with E-state index in [0.717, 1.165) is 20.3 Å². The van der Waals surface area contributed by atoms with Crippen molar-refractivity contribution in [1.29, 1.82) is 1.28 Å². The van der Waals surface area contributed by atoms with E-state index in [1.54, 1.807) is 20.8 Å². The molecule has 0 spiro atoms. The molecule has 1 rings (SSSR count). The van der Waals surface area contributed by atoms with Crippen LogP contribution in [0.25, 0.3) is 0 Å². The molecule has 0 aromatic heterocycles. The van der Waals surface area contributed by atoms with Crippen molar-refractivity contribution in [3.05, 3.63) is 0 Å². The summed E-state index contributed by atoms with van der Waals surface area (Å²) < 4.78 is 105. The zero-order valence-corrected chi connectivity index (χ0v) is 28.7. The zero-order valence-electron chi connectivity index (χ0n) is 27.3. The third-order valence-corrected chi connectivity index (χ3v) is 2.55. The molecule has 5 nitrogen and oxygen atoms in total. The summed E-state index contributed by atoms with van der Waals surface area (Å²) in [7, 11) is -0.667. The summed E-state index contributed by atoms with van der Waals surface area (Å²) in [6.45, 7) is 15.0. The number of Topliss-reactive ketones (excluding diaryl/α,β-unsaturated/α-hetero) is 1. The van der Waals surface area contributed by atoms with Crippen LogP contribution < -0.4 is 0 Å².